The number of ether oxygens (including phenoxy) is 1. The van der Waals surface area contributed by atoms with Gasteiger partial charge in [-0.1, -0.05) is 17.7 Å². The van der Waals surface area contributed by atoms with Gasteiger partial charge in [-0.2, -0.15) is 0 Å². The van der Waals surface area contributed by atoms with Gasteiger partial charge in [0.25, 0.3) is 0 Å². The molecule has 0 saturated carbocycles. The third-order valence-corrected chi connectivity index (χ3v) is 4.06. The lowest BCUT2D eigenvalue weighted by Gasteiger charge is -2.21. The number of nitrogens with zero attached hydrogens (tertiary/aromatic N) is 2. The summed E-state index contributed by atoms with van der Waals surface area (Å²) in [6, 6.07) is 8.91. The number of carbonyl (C=O) groups is 1. The molecule has 1 atom stereocenters. The third-order valence-electron chi connectivity index (χ3n) is 4.06. The lowest BCUT2D eigenvalue weighted by Crippen LogP contribution is -2.45. The van der Waals surface area contributed by atoms with E-state index < -0.39 is 5.60 Å². The smallest absolute Gasteiger partial charge is 0.328 e. The molecule has 1 heterocycles. The Morgan fingerprint density at radius 3 is 2.56 bits per heavy atom. The molecule has 6 nitrogen and oxygen atoms in total. The van der Waals surface area contributed by atoms with Gasteiger partial charge in [0.15, 0.2) is 5.96 Å². The van der Waals surface area contributed by atoms with Crippen LogP contribution in [0.5, 0.6) is 0 Å². The Labute approximate surface area is 180 Å². The first-order valence-corrected chi connectivity index (χ1v) is 9.35. The monoisotopic (exact) mass is 488 g/mol. The van der Waals surface area contributed by atoms with E-state index >= 15 is 0 Å². The molecule has 0 amide bonds. The second-order valence-corrected chi connectivity index (χ2v) is 7.69. The fourth-order valence-corrected chi connectivity index (χ4v) is 2.90. The second-order valence-electron chi connectivity index (χ2n) is 7.69. The topological polar surface area (TPSA) is 66.0 Å². The van der Waals surface area contributed by atoms with Crippen LogP contribution in [0.15, 0.2) is 29.3 Å². The molecule has 1 aliphatic rings. The van der Waals surface area contributed by atoms with E-state index in [0.29, 0.717) is 12.0 Å². The summed E-state index contributed by atoms with van der Waals surface area (Å²) in [7, 11) is 0. The summed E-state index contributed by atoms with van der Waals surface area (Å²) in [5.41, 5.74) is 2.03. The molecule has 1 aromatic rings. The Morgan fingerprint density at radius 1 is 1.30 bits per heavy atom. The predicted molar refractivity (Wildman–Crippen MR) is 122 cm³/mol. The number of hydrogen-bond acceptors (Lipinski definition) is 4. The summed E-state index contributed by atoms with van der Waals surface area (Å²) in [5, 5.41) is 6.64. The van der Waals surface area contributed by atoms with E-state index in [1.807, 2.05) is 27.7 Å². The van der Waals surface area contributed by atoms with Crippen molar-refractivity contribution in [2.45, 2.75) is 52.7 Å². The van der Waals surface area contributed by atoms with Crippen LogP contribution in [0.3, 0.4) is 0 Å². The van der Waals surface area contributed by atoms with E-state index in [4.69, 9.17) is 4.74 Å². The van der Waals surface area contributed by atoms with Crippen molar-refractivity contribution in [3.05, 3.63) is 29.8 Å². The fourth-order valence-electron chi connectivity index (χ4n) is 2.90. The zero-order valence-electron chi connectivity index (χ0n) is 17.0. The molecule has 1 aliphatic heterocycles. The van der Waals surface area contributed by atoms with Gasteiger partial charge < -0.3 is 20.3 Å². The molecule has 2 N–H and O–H groups in total. The number of aliphatic imine (C=N–C) groups is 1. The fraction of sp³-hybridized carbons (Fsp3) is 0.600. The summed E-state index contributed by atoms with van der Waals surface area (Å²) < 4.78 is 5.31. The molecule has 0 aromatic heterocycles. The molecule has 27 heavy (non-hydrogen) atoms. The highest BCUT2D eigenvalue weighted by Crippen LogP contribution is 2.20. The summed E-state index contributed by atoms with van der Waals surface area (Å²) >= 11 is 0. The molecule has 1 saturated heterocycles. The molecular weight excluding hydrogens is 455 g/mol. The molecule has 152 valence electrons. The average molecular weight is 488 g/mol. The predicted octanol–water partition coefficient (Wildman–Crippen LogP) is 3.09. The quantitative estimate of drug-likeness (QED) is 0.289. The minimum Gasteiger partial charge on any atom is -0.459 e. The molecule has 1 aromatic carbocycles. The van der Waals surface area contributed by atoms with Crippen LogP contribution in [-0.2, 0) is 9.53 Å². The Kier molecular flexibility index (Phi) is 9.35. The van der Waals surface area contributed by atoms with Gasteiger partial charge in [-0.3, -0.25) is 4.79 Å². The van der Waals surface area contributed by atoms with E-state index in [2.05, 4.69) is 51.7 Å². The van der Waals surface area contributed by atoms with Crippen molar-refractivity contribution in [2.75, 3.05) is 31.1 Å². The highest BCUT2D eigenvalue weighted by molar-refractivity contribution is 14.0. The highest BCUT2D eigenvalue weighted by atomic mass is 127. The van der Waals surface area contributed by atoms with Crippen molar-refractivity contribution >= 4 is 41.6 Å². The Morgan fingerprint density at radius 2 is 1.96 bits per heavy atom. The van der Waals surface area contributed by atoms with Gasteiger partial charge in [-0.15, -0.1) is 24.0 Å². The summed E-state index contributed by atoms with van der Waals surface area (Å²) in [6.45, 7) is 12.4. The van der Waals surface area contributed by atoms with Gasteiger partial charge in [-0.25, -0.2) is 4.99 Å². The highest BCUT2D eigenvalue weighted by Gasteiger charge is 2.23. The van der Waals surface area contributed by atoms with Crippen molar-refractivity contribution in [3.63, 3.8) is 0 Å². The van der Waals surface area contributed by atoms with Crippen molar-refractivity contribution in [1.82, 2.24) is 10.6 Å². The van der Waals surface area contributed by atoms with Gasteiger partial charge in [-0.05, 0) is 53.2 Å². The number of esters is 1. The summed E-state index contributed by atoms with van der Waals surface area (Å²) in [6.07, 6.45) is 1.03. The van der Waals surface area contributed by atoms with Crippen molar-refractivity contribution in [1.29, 1.82) is 0 Å². The number of benzene rings is 1. The number of aryl methyl sites for hydroxylation is 1. The molecule has 1 unspecified atom stereocenters. The lowest BCUT2D eigenvalue weighted by molar-refractivity contribution is -0.152. The number of rotatable bonds is 5. The van der Waals surface area contributed by atoms with Gasteiger partial charge >= 0.3 is 5.97 Å². The third kappa shape index (κ3) is 8.36. The van der Waals surface area contributed by atoms with Crippen LogP contribution in [-0.4, -0.2) is 49.8 Å². The van der Waals surface area contributed by atoms with Crippen LogP contribution in [0, 0.1) is 6.92 Å². The van der Waals surface area contributed by atoms with E-state index in [9.17, 15) is 4.79 Å². The Hall–Kier alpha value is -1.51. The second kappa shape index (κ2) is 10.7. The van der Waals surface area contributed by atoms with Gasteiger partial charge in [0.2, 0.25) is 0 Å². The average Bonchev–Trinajstić information content (AvgIpc) is 3.00. The van der Waals surface area contributed by atoms with Crippen LogP contribution in [0.1, 0.15) is 39.7 Å². The number of hydrogen-bond donors (Lipinski definition) is 2. The van der Waals surface area contributed by atoms with Crippen LogP contribution in [0.2, 0.25) is 0 Å². The lowest BCUT2D eigenvalue weighted by atomic mass is 10.2. The van der Waals surface area contributed by atoms with Gasteiger partial charge in [0.05, 0.1) is 0 Å². The number of halogens is 1. The SMILES string of the molecule is CCNC(=NCC(=O)OC(C)(C)C)NC1CCN(c2ccc(C)cc2)C1.I. The number of anilines is 1. The van der Waals surface area contributed by atoms with Crippen molar-refractivity contribution in [3.8, 4) is 0 Å². The number of carbonyl (C=O) groups excluding carboxylic acids is 1. The minimum absolute atomic E-state index is 0. The van der Waals surface area contributed by atoms with Gasteiger partial charge in [0.1, 0.15) is 12.1 Å². The van der Waals surface area contributed by atoms with Crippen LogP contribution in [0.25, 0.3) is 0 Å². The zero-order valence-corrected chi connectivity index (χ0v) is 19.4. The number of nitrogens with one attached hydrogen (secondary N) is 2. The first-order valence-electron chi connectivity index (χ1n) is 9.35. The van der Waals surface area contributed by atoms with Crippen molar-refractivity contribution in [2.24, 2.45) is 4.99 Å². The maximum absolute atomic E-state index is 11.9. The van der Waals surface area contributed by atoms with Crippen molar-refractivity contribution < 1.29 is 9.53 Å². The molecule has 0 aliphatic carbocycles. The normalized spacial score (nSPS) is 17.3. The van der Waals surface area contributed by atoms with Crippen LogP contribution < -0.4 is 15.5 Å². The van der Waals surface area contributed by atoms with E-state index in [0.717, 1.165) is 26.1 Å². The number of guanidine groups is 1. The first-order chi connectivity index (χ1) is 12.3. The molecule has 0 bridgehead atoms. The molecule has 1 fully saturated rings. The van der Waals surface area contributed by atoms with Crippen LogP contribution in [0.4, 0.5) is 5.69 Å². The largest absolute Gasteiger partial charge is 0.459 e. The Bertz CT molecular complexity index is 626. The molecule has 0 radical (unpaired) electrons. The van der Waals surface area contributed by atoms with E-state index in [1.54, 1.807) is 0 Å². The standard InChI is InChI=1S/C20H32N4O2.HI/c1-6-21-19(22-13-18(25)26-20(3,4)5)23-16-11-12-24(14-16)17-9-7-15(2)8-10-17;/h7-10,16H,6,11-14H2,1-5H3,(H2,21,22,23);1H. The first kappa shape index (κ1) is 23.5. The van der Waals surface area contributed by atoms with Crippen LogP contribution >= 0.6 is 24.0 Å². The minimum atomic E-state index is -0.488. The zero-order chi connectivity index (χ0) is 19.2. The molecule has 0 spiro atoms. The maximum atomic E-state index is 11.9. The summed E-state index contributed by atoms with van der Waals surface area (Å²) in [5.74, 6) is 0.344. The van der Waals surface area contributed by atoms with Gasteiger partial charge in [0, 0.05) is 31.4 Å². The Balaban J connectivity index is 0.00000364. The molecule has 2 rings (SSSR count). The maximum Gasteiger partial charge on any atom is 0.328 e. The molecule has 7 heteroatoms. The molecular formula is C20H33IN4O2. The van der Waals surface area contributed by atoms with E-state index in [-0.39, 0.29) is 36.5 Å². The summed E-state index contributed by atoms with van der Waals surface area (Å²) in [4.78, 5) is 18.6. The van der Waals surface area contributed by atoms with E-state index in [1.165, 1.54) is 11.3 Å².